The molecule has 2 amide bonds. The molecular formula is C24H25FN2O2S. The first kappa shape index (κ1) is 19.6. The van der Waals surface area contributed by atoms with Crippen molar-refractivity contribution in [1.82, 2.24) is 4.90 Å². The number of aryl methyl sites for hydroxylation is 1. The van der Waals surface area contributed by atoms with Crippen molar-refractivity contribution in [2.75, 3.05) is 17.2 Å². The van der Waals surface area contributed by atoms with Gasteiger partial charge in [-0.05, 0) is 43.5 Å². The molecule has 2 aliphatic heterocycles. The SMILES string of the molecule is Cc1ccc(CN2C(=O)C3(SCCN3C(=O)C3CCCC3)c3cc(F)ccc32)cc1. The van der Waals surface area contributed by atoms with Gasteiger partial charge in [-0.2, -0.15) is 0 Å². The van der Waals surface area contributed by atoms with E-state index in [1.165, 1.54) is 23.9 Å². The summed E-state index contributed by atoms with van der Waals surface area (Å²) in [6, 6.07) is 12.6. The predicted molar refractivity (Wildman–Crippen MR) is 117 cm³/mol. The van der Waals surface area contributed by atoms with Gasteiger partial charge in [0.1, 0.15) is 5.82 Å². The highest BCUT2D eigenvalue weighted by Gasteiger charge is 2.60. The summed E-state index contributed by atoms with van der Waals surface area (Å²) in [6.45, 7) is 2.96. The predicted octanol–water partition coefficient (Wildman–Crippen LogP) is 4.60. The van der Waals surface area contributed by atoms with Gasteiger partial charge in [0.05, 0.1) is 12.2 Å². The van der Waals surface area contributed by atoms with E-state index in [1.54, 1.807) is 15.9 Å². The van der Waals surface area contributed by atoms with E-state index >= 15 is 0 Å². The molecule has 1 saturated carbocycles. The number of amides is 2. The van der Waals surface area contributed by atoms with Crippen molar-refractivity contribution >= 4 is 29.3 Å². The van der Waals surface area contributed by atoms with Crippen molar-refractivity contribution in [2.45, 2.75) is 44.0 Å². The van der Waals surface area contributed by atoms with Crippen LogP contribution in [0.2, 0.25) is 0 Å². The lowest BCUT2D eigenvalue weighted by atomic mass is 10.0. The van der Waals surface area contributed by atoms with Crippen LogP contribution in [-0.2, 0) is 21.0 Å². The van der Waals surface area contributed by atoms with Gasteiger partial charge in [0.25, 0.3) is 5.91 Å². The Labute approximate surface area is 180 Å². The van der Waals surface area contributed by atoms with Crippen molar-refractivity contribution in [1.29, 1.82) is 0 Å². The van der Waals surface area contributed by atoms with E-state index in [1.807, 2.05) is 31.2 Å². The fourth-order valence-electron chi connectivity index (χ4n) is 5.03. The summed E-state index contributed by atoms with van der Waals surface area (Å²) in [7, 11) is 0. The molecule has 2 heterocycles. The number of anilines is 1. The zero-order valence-corrected chi connectivity index (χ0v) is 17.9. The van der Waals surface area contributed by atoms with E-state index in [-0.39, 0.29) is 23.5 Å². The number of benzene rings is 2. The number of halogens is 1. The van der Waals surface area contributed by atoms with Crippen molar-refractivity contribution in [3.63, 3.8) is 0 Å². The van der Waals surface area contributed by atoms with Gasteiger partial charge in [-0.15, -0.1) is 11.8 Å². The molecular weight excluding hydrogens is 399 g/mol. The molecule has 1 spiro atoms. The first-order valence-corrected chi connectivity index (χ1v) is 11.6. The minimum absolute atomic E-state index is 0.0171. The first-order valence-electron chi connectivity index (χ1n) is 10.6. The number of carbonyl (C=O) groups is 2. The number of hydrogen-bond acceptors (Lipinski definition) is 3. The average molecular weight is 425 g/mol. The quantitative estimate of drug-likeness (QED) is 0.723. The summed E-state index contributed by atoms with van der Waals surface area (Å²) in [6.07, 6.45) is 3.88. The maximum atomic E-state index is 14.3. The second kappa shape index (κ2) is 7.41. The van der Waals surface area contributed by atoms with Gasteiger partial charge in [0, 0.05) is 23.8 Å². The lowest BCUT2D eigenvalue weighted by Crippen LogP contribution is -2.51. The van der Waals surface area contributed by atoms with E-state index in [9.17, 15) is 14.0 Å². The number of hydrogen-bond donors (Lipinski definition) is 0. The smallest absolute Gasteiger partial charge is 0.268 e. The van der Waals surface area contributed by atoms with Crippen molar-refractivity contribution in [2.24, 2.45) is 5.92 Å². The van der Waals surface area contributed by atoms with E-state index in [2.05, 4.69) is 0 Å². The van der Waals surface area contributed by atoms with Crippen LogP contribution in [0, 0.1) is 18.7 Å². The molecule has 0 radical (unpaired) electrons. The zero-order chi connectivity index (χ0) is 20.9. The number of carbonyl (C=O) groups excluding carboxylic acids is 2. The third-order valence-electron chi connectivity index (χ3n) is 6.59. The first-order chi connectivity index (χ1) is 14.5. The molecule has 0 aromatic heterocycles. The van der Waals surface area contributed by atoms with Gasteiger partial charge in [-0.1, -0.05) is 42.7 Å². The summed E-state index contributed by atoms with van der Waals surface area (Å²) >= 11 is 1.47. The van der Waals surface area contributed by atoms with E-state index < -0.39 is 4.87 Å². The number of thioether (sulfide) groups is 1. The standard InChI is InChI=1S/C24H25FN2O2S/c1-16-6-8-17(9-7-16)15-26-21-11-10-19(25)14-20(21)24(23(26)29)27(12-13-30-24)22(28)18-4-2-3-5-18/h6-11,14,18H,2-5,12-13,15H2,1H3. The molecule has 4 nitrogen and oxygen atoms in total. The number of rotatable bonds is 3. The lowest BCUT2D eigenvalue weighted by Gasteiger charge is -2.34. The third kappa shape index (κ3) is 2.96. The molecule has 156 valence electrons. The van der Waals surface area contributed by atoms with Gasteiger partial charge in [0.15, 0.2) is 4.87 Å². The van der Waals surface area contributed by atoms with Crippen LogP contribution < -0.4 is 4.90 Å². The van der Waals surface area contributed by atoms with Crippen LogP contribution in [-0.4, -0.2) is 29.0 Å². The Hall–Kier alpha value is -2.34. The van der Waals surface area contributed by atoms with Gasteiger partial charge in [-0.25, -0.2) is 4.39 Å². The molecule has 3 aliphatic rings. The van der Waals surface area contributed by atoms with Crippen molar-refractivity contribution < 1.29 is 14.0 Å². The normalized spacial score (nSPS) is 23.6. The number of fused-ring (bicyclic) bond motifs is 2. The van der Waals surface area contributed by atoms with Crippen LogP contribution in [0.15, 0.2) is 42.5 Å². The van der Waals surface area contributed by atoms with Crippen LogP contribution in [0.1, 0.15) is 42.4 Å². The Bertz CT molecular complexity index is 1000. The average Bonchev–Trinajstić information content (AvgIpc) is 3.47. The van der Waals surface area contributed by atoms with E-state index in [4.69, 9.17) is 0 Å². The molecule has 1 saturated heterocycles. The van der Waals surface area contributed by atoms with Crippen molar-refractivity contribution in [3.8, 4) is 0 Å². The van der Waals surface area contributed by atoms with Gasteiger partial charge in [-0.3, -0.25) is 9.59 Å². The Kier molecular flexibility index (Phi) is 4.85. The highest BCUT2D eigenvalue weighted by molar-refractivity contribution is 8.01. The van der Waals surface area contributed by atoms with Gasteiger partial charge >= 0.3 is 0 Å². The zero-order valence-electron chi connectivity index (χ0n) is 17.1. The molecule has 30 heavy (non-hydrogen) atoms. The molecule has 1 aliphatic carbocycles. The monoisotopic (exact) mass is 424 g/mol. The summed E-state index contributed by atoms with van der Waals surface area (Å²) < 4.78 is 14.3. The molecule has 0 N–H and O–H groups in total. The summed E-state index contributed by atoms with van der Waals surface area (Å²) in [5.41, 5.74) is 3.50. The van der Waals surface area contributed by atoms with Gasteiger partial charge in [0.2, 0.25) is 5.91 Å². The van der Waals surface area contributed by atoms with E-state index in [0.29, 0.717) is 30.1 Å². The molecule has 6 heteroatoms. The largest absolute Gasteiger partial charge is 0.315 e. The lowest BCUT2D eigenvalue weighted by molar-refractivity contribution is -0.143. The molecule has 1 atom stereocenters. The van der Waals surface area contributed by atoms with E-state index in [0.717, 1.165) is 36.8 Å². The second-order valence-electron chi connectivity index (χ2n) is 8.50. The summed E-state index contributed by atoms with van der Waals surface area (Å²) in [5.74, 6) is 0.213. The Balaban J connectivity index is 1.56. The van der Waals surface area contributed by atoms with Crippen molar-refractivity contribution in [3.05, 3.63) is 65.0 Å². The maximum Gasteiger partial charge on any atom is 0.268 e. The van der Waals surface area contributed by atoms with Crippen LogP contribution in [0.5, 0.6) is 0 Å². The van der Waals surface area contributed by atoms with Crippen LogP contribution in [0.25, 0.3) is 0 Å². The molecule has 5 rings (SSSR count). The third-order valence-corrected chi connectivity index (χ3v) is 8.01. The van der Waals surface area contributed by atoms with Gasteiger partial charge < -0.3 is 9.80 Å². The minimum Gasteiger partial charge on any atom is -0.315 e. The minimum atomic E-state index is -1.14. The Morgan fingerprint density at radius 1 is 1.17 bits per heavy atom. The Morgan fingerprint density at radius 2 is 1.90 bits per heavy atom. The molecule has 2 fully saturated rings. The second-order valence-corrected chi connectivity index (χ2v) is 9.79. The highest BCUT2D eigenvalue weighted by Crippen LogP contribution is 2.55. The Morgan fingerprint density at radius 3 is 2.63 bits per heavy atom. The summed E-state index contributed by atoms with van der Waals surface area (Å²) in [4.78, 5) is 29.6. The maximum absolute atomic E-state index is 14.3. The molecule has 1 unspecified atom stereocenters. The molecule has 2 aromatic rings. The summed E-state index contributed by atoms with van der Waals surface area (Å²) in [5, 5.41) is 0. The van der Waals surface area contributed by atoms with Crippen LogP contribution in [0.4, 0.5) is 10.1 Å². The fourth-order valence-corrected chi connectivity index (χ4v) is 6.49. The molecule has 0 bridgehead atoms. The highest BCUT2D eigenvalue weighted by atomic mass is 32.2. The van der Waals surface area contributed by atoms with Crippen LogP contribution in [0.3, 0.4) is 0 Å². The fraction of sp³-hybridized carbons (Fsp3) is 0.417. The van der Waals surface area contributed by atoms with Crippen LogP contribution >= 0.6 is 11.8 Å². The molecule has 2 aromatic carbocycles. The topological polar surface area (TPSA) is 40.6 Å². The number of nitrogens with zero attached hydrogens (tertiary/aromatic N) is 2.